The summed E-state index contributed by atoms with van der Waals surface area (Å²) in [5.74, 6) is -1.25. The van der Waals surface area contributed by atoms with Gasteiger partial charge in [-0.1, -0.05) is 36.9 Å². The maximum atomic E-state index is 12.3. The quantitative estimate of drug-likeness (QED) is 0.330. The molecule has 8 nitrogen and oxygen atoms in total. The summed E-state index contributed by atoms with van der Waals surface area (Å²) in [7, 11) is 0. The normalized spacial score (nSPS) is 11.3. The van der Waals surface area contributed by atoms with E-state index in [1.807, 2.05) is 6.92 Å². The third-order valence-corrected chi connectivity index (χ3v) is 4.85. The Morgan fingerprint density at radius 2 is 1.74 bits per heavy atom. The molecule has 27 heavy (non-hydrogen) atoms. The van der Waals surface area contributed by atoms with Gasteiger partial charge < -0.3 is 21.8 Å². The second-order valence-corrected chi connectivity index (χ2v) is 7.22. The number of benzene rings is 1. The first-order chi connectivity index (χ1) is 12.9. The minimum Gasteiger partial charge on any atom is -0.365 e. The Labute approximate surface area is 164 Å². The number of carbonyl (C=O) groups excluding carboxylic acids is 3. The number of rotatable bonds is 6. The molecule has 0 unspecified atom stereocenters. The van der Waals surface area contributed by atoms with Gasteiger partial charge in [-0.2, -0.15) is 0 Å². The number of primary amides is 2. The average molecular weight is 406 g/mol. The summed E-state index contributed by atoms with van der Waals surface area (Å²) in [5, 5.41) is 3.31. The molecular formula is C17H19N5O3S2. The van der Waals surface area contributed by atoms with Gasteiger partial charge in [0, 0.05) is 5.56 Å². The molecule has 0 radical (unpaired) electrons. The molecule has 2 aromatic rings. The fourth-order valence-electron chi connectivity index (χ4n) is 2.26. The van der Waals surface area contributed by atoms with Crippen molar-refractivity contribution in [1.82, 2.24) is 10.3 Å². The van der Waals surface area contributed by atoms with Crippen LogP contribution in [0.5, 0.6) is 0 Å². The fraction of sp³-hybridized carbons (Fsp3) is 0.176. The molecule has 0 aliphatic carbocycles. The lowest BCUT2D eigenvalue weighted by Crippen LogP contribution is -2.28. The molecule has 0 bridgehead atoms. The van der Waals surface area contributed by atoms with E-state index in [1.165, 1.54) is 23.5 Å². The number of aromatic nitrogens is 1. The number of nitrogens with two attached hydrogens (primary N) is 2. The van der Waals surface area contributed by atoms with Crippen molar-refractivity contribution in [3.63, 3.8) is 0 Å². The Morgan fingerprint density at radius 1 is 1.11 bits per heavy atom. The molecule has 0 saturated heterocycles. The van der Waals surface area contributed by atoms with Gasteiger partial charge in [0.05, 0.1) is 16.2 Å². The van der Waals surface area contributed by atoms with Crippen LogP contribution in [0.2, 0.25) is 0 Å². The monoisotopic (exact) mass is 405 g/mol. The van der Waals surface area contributed by atoms with Gasteiger partial charge in [0.15, 0.2) is 5.17 Å². The highest BCUT2D eigenvalue weighted by Crippen LogP contribution is 2.32. The topological polar surface area (TPSA) is 143 Å². The molecule has 3 amide bonds. The predicted molar refractivity (Wildman–Crippen MR) is 109 cm³/mol. The number of amides is 3. The van der Waals surface area contributed by atoms with Gasteiger partial charge >= 0.3 is 0 Å². The number of hydrogen-bond donors (Lipinski definition) is 4. The molecule has 0 saturated carbocycles. The maximum absolute atomic E-state index is 12.3. The lowest BCUT2D eigenvalue weighted by molar-refractivity contribution is 0.0966. The van der Waals surface area contributed by atoms with Crippen molar-refractivity contribution in [3.8, 4) is 0 Å². The summed E-state index contributed by atoms with van der Waals surface area (Å²) < 4.78 is 0. The molecule has 142 valence electrons. The molecule has 0 spiro atoms. The highest BCUT2D eigenvalue weighted by atomic mass is 32.2. The van der Waals surface area contributed by atoms with Crippen molar-refractivity contribution >= 4 is 52.2 Å². The van der Waals surface area contributed by atoms with Crippen LogP contribution in [0, 0.1) is 0 Å². The zero-order valence-corrected chi connectivity index (χ0v) is 16.4. The number of amidine groups is 1. The second kappa shape index (κ2) is 9.28. The lowest BCUT2D eigenvalue weighted by Gasteiger charge is -2.06. The Morgan fingerprint density at radius 3 is 2.26 bits per heavy atom. The van der Waals surface area contributed by atoms with Crippen LogP contribution in [0.25, 0.3) is 0 Å². The molecule has 10 heteroatoms. The van der Waals surface area contributed by atoms with Gasteiger partial charge in [0.25, 0.3) is 17.7 Å². The zero-order valence-electron chi connectivity index (χ0n) is 14.7. The standard InChI is InChI=1S/C17H19N5O3S2/c1-3-27-16-11(13(19)24)10(12(18)23)14(20-16)21-17(26-2)22-15(25)9-7-5-4-6-8-9/h4-8,20H,3H2,1-2H3,(H2,18,23)(H2,19,24)(H,21,22,25). The summed E-state index contributed by atoms with van der Waals surface area (Å²) in [6.07, 6.45) is 1.72. The van der Waals surface area contributed by atoms with Crippen LogP contribution < -0.4 is 16.8 Å². The van der Waals surface area contributed by atoms with Crippen LogP contribution in [0.3, 0.4) is 0 Å². The first-order valence-electron chi connectivity index (χ1n) is 7.86. The van der Waals surface area contributed by atoms with E-state index in [9.17, 15) is 14.4 Å². The van der Waals surface area contributed by atoms with Crippen LogP contribution in [0.15, 0.2) is 40.4 Å². The molecule has 0 aliphatic rings. The Kier molecular flexibility index (Phi) is 7.08. The van der Waals surface area contributed by atoms with Gasteiger partial charge in [-0.05, 0) is 24.1 Å². The van der Waals surface area contributed by atoms with Gasteiger partial charge in [-0.3, -0.25) is 14.4 Å². The van der Waals surface area contributed by atoms with Gasteiger partial charge in [-0.25, -0.2) is 4.99 Å². The van der Waals surface area contributed by atoms with Crippen LogP contribution in [-0.2, 0) is 0 Å². The number of H-pyrrole nitrogens is 1. The Bertz CT molecular complexity index is 893. The molecule has 1 aromatic carbocycles. The molecule has 2 rings (SSSR count). The Balaban J connectivity index is 2.45. The highest BCUT2D eigenvalue weighted by Gasteiger charge is 2.25. The molecule has 0 fully saturated rings. The van der Waals surface area contributed by atoms with E-state index in [-0.39, 0.29) is 28.0 Å². The van der Waals surface area contributed by atoms with Crippen molar-refractivity contribution < 1.29 is 14.4 Å². The van der Waals surface area contributed by atoms with E-state index in [1.54, 1.807) is 36.6 Å². The number of nitrogens with zero attached hydrogens (tertiary/aromatic N) is 1. The van der Waals surface area contributed by atoms with Crippen molar-refractivity contribution in [2.24, 2.45) is 16.5 Å². The molecule has 1 heterocycles. The molecule has 1 aromatic heterocycles. The minimum absolute atomic E-state index is 0.00272. The van der Waals surface area contributed by atoms with E-state index in [0.717, 1.165) is 0 Å². The number of aromatic amines is 1. The van der Waals surface area contributed by atoms with Gasteiger partial charge in [-0.15, -0.1) is 11.8 Å². The van der Waals surface area contributed by atoms with E-state index in [0.29, 0.717) is 16.3 Å². The van der Waals surface area contributed by atoms with E-state index in [4.69, 9.17) is 11.5 Å². The number of hydrogen-bond acceptors (Lipinski definition) is 6. The van der Waals surface area contributed by atoms with E-state index in [2.05, 4.69) is 15.3 Å². The van der Waals surface area contributed by atoms with Crippen molar-refractivity contribution in [1.29, 1.82) is 0 Å². The minimum atomic E-state index is -0.836. The molecular weight excluding hydrogens is 386 g/mol. The van der Waals surface area contributed by atoms with Crippen molar-refractivity contribution in [3.05, 3.63) is 47.0 Å². The summed E-state index contributed by atoms with van der Waals surface area (Å²) in [4.78, 5) is 43.2. The number of carbonyl (C=O) groups is 3. The first-order valence-corrected chi connectivity index (χ1v) is 10.1. The van der Waals surface area contributed by atoms with Crippen LogP contribution in [0.4, 0.5) is 5.82 Å². The first kappa shape index (κ1) is 20.6. The predicted octanol–water partition coefficient (Wildman–Crippen LogP) is 2.10. The number of nitrogens with one attached hydrogen (secondary N) is 2. The Hall–Kier alpha value is -2.72. The fourth-order valence-corrected chi connectivity index (χ4v) is 3.44. The number of aliphatic imine (C=N–C) groups is 1. The third kappa shape index (κ3) is 4.92. The summed E-state index contributed by atoms with van der Waals surface area (Å²) in [5.41, 5.74) is 11.2. The van der Waals surface area contributed by atoms with E-state index < -0.39 is 11.8 Å². The van der Waals surface area contributed by atoms with Gasteiger partial charge in [0.1, 0.15) is 5.82 Å². The average Bonchev–Trinajstić information content (AvgIpc) is 3.00. The zero-order chi connectivity index (χ0) is 20.0. The van der Waals surface area contributed by atoms with Crippen molar-refractivity contribution in [2.75, 3.05) is 12.0 Å². The van der Waals surface area contributed by atoms with Crippen LogP contribution >= 0.6 is 23.5 Å². The van der Waals surface area contributed by atoms with Crippen LogP contribution in [-0.4, -0.2) is 39.9 Å². The van der Waals surface area contributed by atoms with Gasteiger partial charge in [0.2, 0.25) is 0 Å². The second-order valence-electron chi connectivity index (χ2n) is 5.16. The largest absolute Gasteiger partial charge is 0.365 e. The smallest absolute Gasteiger partial charge is 0.257 e. The summed E-state index contributed by atoms with van der Waals surface area (Å²) in [6.45, 7) is 1.89. The molecule has 0 aliphatic heterocycles. The summed E-state index contributed by atoms with van der Waals surface area (Å²) >= 11 is 2.47. The summed E-state index contributed by atoms with van der Waals surface area (Å²) in [6, 6.07) is 8.62. The lowest BCUT2D eigenvalue weighted by atomic mass is 10.1. The number of thioether (sulfide) groups is 2. The molecule has 6 N–H and O–H groups in total. The SMILES string of the molecule is CCSc1[nH]c(N=C(NC(=O)c2ccccc2)SC)c(C(N)=O)c1C(N)=O. The van der Waals surface area contributed by atoms with Crippen LogP contribution in [0.1, 0.15) is 38.0 Å². The maximum Gasteiger partial charge on any atom is 0.257 e. The van der Waals surface area contributed by atoms with E-state index >= 15 is 0 Å². The highest BCUT2D eigenvalue weighted by molar-refractivity contribution is 8.13. The molecule has 0 atom stereocenters. The third-order valence-electron chi connectivity index (χ3n) is 3.39. The van der Waals surface area contributed by atoms with Crippen molar-refractivity contribution in [2.45, 2.75) is 11.9 Å².